The zero-order valence-corrected chi connectivity index (χ0v) is 13.4. The van der Waals surface area contributed by atoms with Crippen molar-refractivity contribution >= 4 is 5.91 Å². The molecule has 1 aromatic rings. The molecule has 0 spiro atoms. The number of nitrogens with two attached hydrogens (primary N) is 1. The second-order valence-electron chi connectivity index (χ2n) is 6.10. The maximum Gasteiger partial charge on any atom is 0.227 e. The summed E-state index contributed by atoms with van der Waals surface area (Å²) >= 11 is 0. The minimum absolute atomic E-state index is 0.235. The van der Waals surface area contributed by atoms with Crippen LogP contribution in [0.4, 0.5) is 0 Å². The van der Waals surface area contributed by atoms with Crippen LogP contribution in [0.5, 0.6) is 0 Å². The minimum Gasteiger partial charge on any atom is -0.340 e. The summed E-state index contributed by atoms with van der Waals surface area (Å²) in [5.41, 5.74) is 9.34. The lowest BCUT2D eigenvalue weighted by Crippen LogP contribution is -2.53. The van der Waals surface area contributed by atoms with Crippen molar-refractivity contribution in [2.45, 2.75) is 33.2 Å². The van der Waals surface area contributed by atoms with E-state index < -0.39 is 0 Å². The first kappa shape index (κ1) is 16.0. The second-order valence-corrected chi connectivity index (χ2v) is 6.10. The van der Waals surface area contributed by atoms with Crippen molar-refractivity contribution in [1.82, 2.24) is 9.80 Å². The van der Waals surface area contributed by atoms with Gasteiger partial charge in [-0.2, -0.15) is 0 Å². The van der Waals surface area contributed by atoms with Crippen molar-refractivity contribution in [3.8, 4) is 0 Å². The van der Waals surface area contributed by atoms with Gasteiger partial charge in [-0.05, 0) is 37.5 Å². The van der Waals surface area contributed by atoms with Crippen LogP contribution in [-0.2, 0) is 11.2 Å². The van der Waals surface area contributed by atoms with E-state index in [0.29, 0.717) is 19.0 Å². The van der Waals surface area contributed by atoms with Crippen LogP contribution in [0.25, 0.3) is 0 Å². The van der Waals surface area contributed by atoms with Crippen molar-refractivity contribution in [3.63, 3.8) is 0 Å². The van der Waals surface area contributed by atoms with Crippen molar-refractivity contribution in [2.75, 3.05) is 32.7 Å². The molecule has 0 aromatic heterocycles. The number of hydrogen-bond donors (Lipinski definition) is 1. The molecule has 1 unspecified atom stereocenters. The fourth-order valence-corrected chi connectivity index (χ4v) is 2.76. The molecule has 1 aliphatic heterocycles. The Hall–Kier alpha value is -1.39. The van der Waals surface area contributed by atoms with Gasteiger partial charge in [-0.3, -0.25) is 9.69 Å². The quantitative estimate of drug-likeness (QED) is 0.910. The maximum atomic E-state index is 12.4. The molecule has 1 aromatic carbocycles. The molecule has 1 aliphatic rings. The van der Waals surface area contributed by atoms with Crippen molar-refractivity contribution in [3.05, 3.63) is 34.9 Å². The summed E-state index contributed by atoms with van der Waals surface area (Å²) in [6.45, 7) is 10.5. The number of rotatable bonds is 4. The van der Waals surface area contributed by atoms with E-state index in [1.807, 2.05) is 4.90 Å². The van der Waals surface area contributed by atoms with E-state index in [-0.39, 0.29) is 5.91 Å². The van der Waals surface area contributed by atoms with Gasteiger partial charge < -0.3 is 10.6 Å². The largest absolute Gasteiger partial charge is 0.340 e. The summed E-state index contributed by atoms with van der Waals surface area (Å²) < 4.78 is 0. The van der Waals surface area contributed by atoms with Crippen LogP contribution in [0.15, 0.2) is 18.2 Å². The zero-order chi connectivity index (χ0) is 15.4. The van der Waals surface area contributed by atoms with E-state index in [9.17, 15) is 4.79 Å². The minimum atomic E-state index is 0.235. The highest BCUT2D eigenvalue weighted by Gasteiger charge is 2.23. The molecule has 21 heavy (non-hydrogen) atoms. The molecule has 116 valence electrons. The van der Waals surface area contributed by atoms with E-state index in [2.05, 4.69) is 43.9 Å². The van der Waals surface area contributed by atoms with E-state index in [1.165, 1.54) is 11.1 Å². The lowest BCUT2D eigenvalue weighted by atomic mass is 10.0. The van der Waals surface area contributed by atoms with Crippen LogP contribution < -0.4 is 5.73 Å². The lowest BCUT2D eigenvalue weighted by Gasteiger charge is -2.37. The van der Waals surface area contributed by atoms with Gasteiger partial charge in [0.2, 0.25) is 5.91 Å². The second kappa shape index (κ2) is 7.05. The highest BCUT2D eigenvalue weighted by Crippen LogP contribution is 2.13. The summed E-state index contributed by atoms with van der Waals surface area (Å²) in [6.07, 6.45) is 0.508. The molecule has 1 atom stereocenters. The normalized spacial score (nSPS) is 17.8. The Bertz CT molecular complexity index is 493. The monoisotopic (exact) mass is 289 g/mol. The average molecular weight is 289 g/mol. The molecule has 2 rings (SSSR count). The van der Waals surface area contributed by atoms with E-state index in [1.54, 1.807) is 0 Å². The standard InChI is InChI=1S/C17H27N3O/c1-13-4-5-16(10-14(13)2)11-17(21)20-8-6-19(7-9-20)15(3)12-18/h4-5,10,15H,6-9,11-12,18H2,1-3H3. The van der Waals surface area contributed by atoms with Crippen LogP contribution in [-0.4, -0.2) is 54.5 Å². The average Bonchev–Trinajstić information content (AvgIpc) is 2.50. The Morgan fingerprint density at radius 3 is 2.43 bits per heavy atom. The summed E-state index contributed by atoms with van der Waals surface area (Å²) in [5, 5.41) is 0. The number of carbonyl (C=O) groups is 1. The smallest absolute Gasteiger partial charge is 0.227 e. The Balaban J connectivity index is 1.88. The summed E-state index contributed by atoms with van der Waals surface area (Å²) in [6, 6.07) is 6.69. The first-order chi connectivity index (χ1) is 10.0. The topological polar surface area (TPSA) is 49.6 Å². The fraction of sp³-hybridized carbons (Fsp3) is 0.588. The zero-order valence-electron chi connectivity index (χ0n) is 13.4. The van der Waals surface area contributed by atoms with Gasteiger partial charge >= 0.3 is 0 Å². The third-order valence-corrected chi connectivity index (χ3v) is 4.56. The molecule has 0 radical (unpaired) electrons. The molecule has 0 saturated carbocycles. The number of carbonyl (C=O) groups excluding carboxylic acids is 1. The third kappa shape index (κ3) is 4.05. The molecule has 4 nitrogen and oxygen atoms in total. The number of nitrogens with zero attached hydrogens (tertiary/aromatic N) is 2. The van der Waals surface area contributed by atoms with E-state index in [4.69, 9.17) is 5.73 Å². The molecule has 0 bridgehead atoms. The molecule has 4 heteroatoms. The molecule has 1 amide bonds. The van der Waals surface area contributed by atoms with Crippen LogP contribution in [0.1, 0.15) is 23.6 Å². The van der Waals surface area contributed by atoms with Crippen molar-refractivity contribution in [2.24, 2.45) is 5.73 Å². The van der Waals surface area contributed by atoms with Gasteiger partial charge in [-0.15, -0.1) is 0 Å². The number of hydrogen-bond acceptors (Lipinski definition) is 3. The van der Waals surface area contributed by atoms with Gasteiger partial charge in [-0.25, -0.2) is 0 Å². The fourth-order valence-electron chi connectivity index (χ4n) is 2.76. The SMILES string of the molecule is Cc1ccc(CC(=O)N2CCN(C(C)CN)CC2)cc1C. The van der Waals surface area contributed by atoms with Gasteiger partial charge in [0, 0.05) is 38.8 Å². The highest BCUT2D eigenvalue weighted by molar-refractivity contribution is 5.79. The number of aryl methyl sites for hydroxylation is 2. The summed E-state index contributed by atoms with van der Waals surface area (Å²) in [4.78, 5) is 16.7. The molecule has 1 heterocycles. The Kier molecular flexibility index (Phi) is 5.37. The highest BCUT2D eigenvalue weighted by atomic mass is 16.2. The Morgan fingerprint density at radius 1 is 1.19 bits per heavy atom. The Morgan fingerprint density at radius 2 is 1.86 bits per heavy atom. The van der Waals surface area contributed by atoms with Crippen LogP contribution >= 0.6 is 0 Å². The number of benzene rings is 1. The van der Waals surface area contributed by atoms with Gasteiger partial charge in [-0.1, -0.05) is 18.2 Å². The number of piperazine rings is 1. The molecule has 1 saturated heterocycles. The predicted octanol–water partition coefficient (Wildman–Crippen LogP) is 1.34. The van der Waals surface area contributed by atoms with Gasteiger partial charge in [0.25, 0.3) is 0 Å². The van der Waals surface area contributed by atoms with Gasteiger partial charge in [0.15, 0.2) is 0 Å². The maximum absolute atomic E-state index is 12.4. The molecule has 2 N–H and O–H groups in total. The number of amides is 1. The van der Waals surface area contributed by atoms with Crippen molar-refractivity contribution in [1.29, 1.82) is 0 Å². The molecule has 0 aliphatic carbocycles. The van der Waals surface area contributed by atoms with Crippen LogP contribution in [0.3, 0.4) is 0 Å². The third-order valence-electron chi connectivity index (χ3n) is 4.56. The molecular weight excluding hydrogens is 262 g/mol. The summed E-state index contributed by atoms with van der Waals surface area (Å²) in [7, 11) is 0. The predicted molar refractivity (Wildman–Crippen MR) is 86.3 cm³/mol. The molecular formula is C17H27N3O. The van der Waals surface area contributed by atoms with E-state index >= 15 is 0 Å². The lowest BCUT2D eigenvalue weighted by molar-refractivity contribution is -0.132. The van der Waals surface area contributed by atoms with Crippen molar-refractivity contribution < 1.29 is 4.79 Å². The van der Waals surface area contributed by atoms with Gasteiger partial charge in [0.05, 0.1) is 6.42 Å². The molecule has 1 fully saturated rings. The first-order valence-electron chi connectivity index (χ1n) is 7.79. The van der Waals surface area contributed by atoms with Crippen LogP contribution in [0.2, 0.25) is 0 Å². The summed E-state index contributed by atoms with van der Waals surface area (Å²) in [5.74, 6) is 0.235. The van der Waals surface area contributed by atoms with Crippen LogP contribution in [0, 0.1) is 13.8 Å². The Labute approximate surface area is 127 Å². The first-order valence-corrected chi connectivity index (χ1v) is 7.79. The van der Waals surface area contributed by atoms with Gasteiger partial charge in [0.1, 0.15) is 0 Å². The van der Waals surface area contributed by atoms with E-state index in [0.717, 1.165) is 31.7 Å².